The number of rotatable bonds is 11. The second-order valence-electron chi connectivity index (χ2n) is 25.7. The lowest BCUT2D eigenvalue weighted by atomic mass is 9.73. The standard InChI is InChI=1S/C56H84O20S/c1-9-11-30(51(59)60)13-16-52(4,61)50-29(3)20-39-38(71-50)26-46-56(8,74-39)49(58)48-42(70-46)24-41-47(72-48)28(2)12-17-54(6)44(69-41)27-43-55(7,76-54)18-14-31-32(68-43)21-34-33(65-31)22-35-36(66-34)23-40-37(67-35)25-45(75-77(62,63)64)53(5,73-40)15-10-19-57/h9,13,16,28,30-50,57-58,61H,1,3,10-12,14-15,17-27H2,2,4-8H3,(H,59,60)(H,62,63,64)/b16-13+/t28-,30?,31-,32+,33+,34-,35-,36+,37+,38+,39-,40-,41-,42+,43-,44+,45-,46-,47+,48+,49+,50-,52+,53+,54-,55+,56-/m0/s1. The van der Waals surface area contributed by atoms with Crippen molar-refractivity contribution < 1.29 is 94.5 Å². The van der Waals surface area contributed by atoms with Gasteiger partial charge in [-0.15, -0.1) is 6.58 Å². The van der Waals surface area contributed by atoms with E-state index in [4.69, 9.17) is 56.3 Å². The second-order valence-corrected chi connectivity index (χ2v) is 26.7. The molecule has 11 fully saturated rings. The van der Waals surface area contributed by atoms with Crippen molar-refractivity contribution in [3.63, 3.8) is 0 Å². The van der Waals surface area contributed by atoms with Crippen LogP contribution in [-0.2, 0) is 71.5 Å². The molecule has 21 heteroatoms. The molecule has 11 saturated heterocycles. The number of carboxylic acid groups (broad SMARTS) is 1. The first-order valence-corrected chi connectivity index (χ1v) is 29.8. The number of ether oxygens (including phenoxy) is 11. The molecule has 0 amide bonds. The molecule has 1 unspecified atom stereocenters. The number of carbonyl (C=O) groups is 1. The third-order valence-electron chi connectivity index (χ3n) is 20.0. The predicted molar refractivity (Wildman–Crippen MR) is 272 cm³/mol. The second kappa shape index (κ2) is 21.0. The van der Waals surface area contributed by atoms with E-state index in [1.54, 1.807) is 13.8 Å². The van der Waals surface area contributed by atoms with Crippen LogP contribution in [0.15, 0.2) is 37.0 Å². The van der Waals surface area contributed by atoms with E-state index >= 15 is 0 Å². The summed E-state index contributed by atoms with van der Waals surface area (Å²) in [6.07, 6.45) is 2.50. The lowest BCUT2D eigenvalue weighted by Crippen LogP contribution is -2.74. The molecule has 11 rings (SSSR count). The number of hydrogen-bond acceptors (Lipinski definition) is 18. The van der Waals surface area contributed by atoms with Gasteiger partial charge in [0.05, 0.1) is 120 Å². The maximum atomic E-state index is 12.3. The highest BCUT2D eigenvalue weighted by molar-refractivity contribution is 7.80. The summed E-state index contributed by atoms with van der Waals surface area (Å²) in [7, 11) is -4.78. The van der Waals surface area contributed by atoms with Gasteiger partial charge in [0.15, 0.2) is 0 Å². The van der Waals surface area contributed by atoms with E-state index in [0.29, 0.717) is 69.8 Å². The summed E-state index contributed by atoms with van der Waals surface area (Å²) >= 11 is 0. The van der Waals surface area contributed by atoms with E-state index in [-0.39, 0.29) is 86.4 Å². The zero-order valence-corrected chi connectivity index (χ0v) is 46.2. The van der Waals surface area contributed by atoms with E-state index in [1.165, 1.54) is 18.2 Å². The normalized spacial score (nSPS) is 51.7. The minimum absolute atomic E-state index is 0.0639. The van der Waals surface area contributed by atoms with Gasteiger partial charge in [0.1, 0.15) is 35.6 Å². The molecule has 0 saturated carbocycles. The van der Waals surface area contributed by atoms with Crippen molar-refractivity contribution >= 4 is 16.4 Å². The van der Waals surface area contributed by atoms with Gasteiger partial charge < -0.3 is 72.5 Å². The van der Waals surface area contributed by atoms with Crippen molar-refractivity contribution in [2.24, 2.45) is 11.8 Å². The van der Waals surface area contributed by atoms with Crippen LogP contribution in [0.4, 0.5) is 0 Å². The van der Waals surface area contributed by atoms with Crippen LogP contribution >= 0.6 is 0 Å². The van der Waals surface area contributed by atoms with Gasteiger partial charge in [0.2, 0.25) is 0 Å². The van der Waals surface area contributed by atoms with Crippen molar-refractivity contribution in [2.45, 2.75) is 288 Å². The van der Waals surface area contributed by atoms with Crippen LogP contribution < -0.4 is 0 Å². The number of carboxylic acids is 1. The fourth-order valence-corrected chi connectivity index (χ4v) is 16.2. The number of allylic oxidation sites excluding steroid dienone is 1. The minimum Gasteiger partial charge on any atom is -0.481 e. The molecule has 0 spiro atoms. The van der Waals surface area contributed by atoms with Crippen LogP contribution in [0, 0.1) is 11.8 Å². The highest BCUT2D eigenvalue weighted by Crippen LogP contribution is 2.54. The number of hydrogen-bond donors (Lipinski definition) is 5. The number of aliphatic carboxylic acids is 1. The Hall–Kier alpha value is -2.00. The van der Waals surface area contributed by atoms with Crippen molar-refractivity contribution in [2.75, 3.05) is 6.61 Å². The summed E-state index contributed by atoms with van der Waals surface area (Å²) in [5.74, 6) is -1.81. The zero-order chi connectivity index (χ0) is 54.8. The molecule has 0 aliphatic carbocycles. The molecule has 0 aromatic rings. The summed E-state index contributed by atoms with van der Waals surface area (Å²) < 4.78 is 115. The smallest absolute Gasteiger partial charge is 0.397 e. The van der Waals surface area contributed by atoms with Gasteiger partial charge >= 0.3 is 16.4 Å². The quantitative estimate of drug-likeness (QED) is 0.138. The van der Waals surface area contributed by atoms with Gasteiger partial charge in [-0.05, 0) is 97.5 Å². The van der Waals surface area contributed by atoms with Crippen LogP contribution in [-0.4, -0.2) is 196 Å². The van der Waals surface area contributed by atoms with Crippen molar-refractivity contribution in [3.05, 3.63) is 37.0 Å². The van der Waals surface area contributed by atoms with Gasteiger partial charge in [-0.2, -0.15) is 8.42 Å². The average molecular weight is 1110 g/mol. The molecule has 11 heterocycles. The third-order valence-corrected chi connectivity index (χ3v) is 20.4. The first-order valence-electron chi connectivity index (χ1n) is 28.5. The summed E-state index contributed by atoms with van der Waals surface area (Å²) in [4.78, 5) is 11.9. The van der Waals surface area contributed by atoms with E-state index in [0.717, 1.165) is 19.3 Å². The highest BCUT2D eigenvalue weighted by atomic mass is 32.3. The fourth-order valence-electron chi connectivity index (χ4n) is 15.6. The molecular formula is C56H84O20S. The summed E-state index contributed by atoms with van der Waals surface area (Å²) in [6, 6.07) is 0. The van der Waals surface area contributed by atoms with Crippen molar-refractivity contribution in [3.8, 4) is 0 Å². The summed E-state index contributed by atoms with van der Waals surface area (Å²) in [5.41, 5.74) is -4.46. The molecule has 0 aromatic heterocycles. The molecule has 5 N–H and O–H groups in total. The Bertz CT molecular complexity index is 2350. The first-order chi connectivity index (χ1) is 36.3. The zero-order valence-electron chi connectivity index (χ0n) is 45.4. The van der Waals surface area contributed by atoms with Crippen LogP contribution in [0.2, 0.25) is 0 Å². The molecule has 0 bridgehead atoms. The maximum Gasteiger partial charge on any atom is 0.397 e. The SMILES string of the molecule is C=CCC(/C=C/[C@@](C)(O)[C@H]1O[C@@H]2C[C@@H]3O[C@@H]4C[C@@H]5O[C@@H]6C[C@@H]7O[C@@H]8C[C@@H]9O[C@@H]%10C[C@@H]%11O[C@](C)(CCCO)[C@@H](OS(=O)(=O)O)C[C@H]%11O[C@H]%10C[C@H]9O[C@H]8CC[C@@]7(C)O[C@@]6(C)CC[C@H](C)[C@H]5O[C@H]4[C@@H](O)[C@@]3(C)O[C@H]2CC1=C)C(=O)O. The summed E-state index contributed by atoms with van der Waals surface area (Å²) in [5, 5.41) is 43.3. The van der Waals surface area contributed by atoms with Crippen LogP contribution in [0.3, 0.4) is 0 Å². The first kappa shape index (κ1) is 56.8. The Kier molecular flexibility index (Phi) is 15.5. The third kappa shape index (κ3) is 10.7. The predicted octanol–water partition coefficient (Wildman–Crippen LogP) is 4.77. The highest BCUT2D eigenvalue weighted by Gasteiger charge is 2.65. The van der Waals surface area contributed by atoms with Crippen molar-refractivity contribution in [1.29, 1.82) is 0 Å². The Morgan fingerprint density at radius 1 is 0.753 bits per heavy atom. The topological polar surface area (TPSA) is 263 Å². The van der Waals surface area contributed by atoms with E-state index in [9.17, 15) is 38.2 Å². The molecule has 0 aromatic carbocycles. The van der Waals surface area contributed by atoms with Crippen molar-refractivity contribution in [1.82, 2.24) is 0 Å². The van der Waals surface area contributed by atoms with Gasteiger partial charge in [-0.25, -0.2) is 4.18 Å². The molecule has 77 heavy (non-hydrogen) atoms. The fraction of sp³-hybridized carbons (Fsp3) is 0.875. The molecule has 434 valence electrons. The Morgan fingerprint density at radius 3 is 1.97 bits per heavy atom. The van der Waals surface area contributed by atoms with Gasteiger partial charge in [0.25, 0.3) is 0 Å². The summed E-state index contributed by atoms with van der Waals surface area (Å²) in [6.45, 7) is 19.5. The van der Waals surface area contributed by atoms with Gasteiger partial charge in [0, 0.05) is 51.6 Å². The van der Waals surface area contributed by atoms with Crippen LogP contribution in [0.25, 0.3) is 0 Å². The molecule has 0 radical (unpaired) electrons. The van der Waals surface area contributed by atoms with E-state index in [1.807, 2.05) is 6.92 Å². The molecule has 11 aliphatic rings. The Balaban J connectivity index is 0.751. The average Bonchev–Trinajstić information content (AvgIpc) is 3.53. The number of aliphatic hydroxyl groups is 3. The molecular weight excluding hydrogens is 1020 g/mol. The number of fused-ring (bicyclic) bond motifs is 10. The molecule has 11 aliphatic heterocycles. The van der Waals surface area contributed by atoms with Gasteiger partial charge in [-0.1, -0.05) is 31.7 Å². The number of aliphatic hydroxyl groups excluding tert-OH is 2. The lowest BCUT2D eigenvalue weighted by molar-refractivity contribution is -0.369. The minimum atomic E-state index is -4.78. The van der Waals surface area contributed by atoms with Crippen LogP contribution in [0.1, 0.15) is 138 Å². The van der Waals surface area contributed by atoms with E-state index in [2.05, 4.69) is 33.9 Å². The Morgan fingerprint density at radius 2 is 1.32 bits per heavy atom. The Labute approximate surface area is 452 Å². The van der Waals surface area contributed by atoms with Gasteiger partial charge in [-0.3, -0.25) is 9.35 Å². The van der Waals surface area contributed by atoms with E-state index < -0.39 is 111 Å². The largest absolute Gasteiger partial charge is 0.481 e. The monoisotopic (exact) mass is 1110 g/mol. The molecule has 27 atom stereocenters. The maximum absolute atomic E-state index is 12.3. The molecule has 20 nitrogen and oxygen atoms in total. The lowest BCUT2D eigenvalue weighted by Gasteiger charge is -2.61. The van der Waals surface area contributed by atoms with Crippen LogP contribution in [0.5, 0.6) is 0 Å².